The summed E-state index contributed by atoms with van der Waals surface area (Å²) in [7, 11) is 0. The fraction of sp³-hybridized carbons (Fsp3) is 0.520. The first-order chi connectivity index (χ1) is 13.3. The highest BCUT2D eigenvalue weighted by Crippen LogP contribution is 2.35. The van der Waals surface area contributed by atoms with Crippen molar-refractivity contribution in [3.63, 3.8) is 0 Å². The summed E-state index contributed by atoms with van der Waals surface area (Å²) >= 11 is 3.69. The van der Waals surface area contributed by atoms with Crippen molar-refractivity contribution >= 4 is 15.9 Å². The highest BCUT2D eigenvalue weighted by molar-refractivity contribution is 9.10. The van der Waals surface area contributed by atoms with E-state index in [2.05, 4.69) is 65.3 Å². The van der Waals surface area contributed by atoms with E-state index in [-0.39, 0.29) is 0 Å². The van der Waals surface area contributed by atoms with Crippen molar-refractivity contribution in [3.8, 4) is 16.9 Å². The molecule has 27 heavy (non-hydrogen) atoms. The zero-order valence-electron chi connectivity index (χ0n) is 16.7. The fourth-order valence-corrected chi connectivity index (χ4v) is 4.56. The molecule has 0 heterocycles. The Morgan fingerprint density at radius 1 is 0.852 bits per heavy atom. The normalized spacial score (nSPS) is 15.0. The van der Waals surface area contributed by atoms with Gasteiger partial charge >= 0.3 is 0 Å². The summed E-state index contributed by atoms with van der Waals surface area (Å²) in [5.74, 6) is 1.72. The molecule has 0 aliphatic heterocycles. The summed E-state index contributed by atoms with van der Waals surface area (Å²) in [5, 5.41) is 0. The van der Waals surface area contributed by atoms with E-state index in [4.69, 9.17) is 4.74 Å². The minimum Gasteiger partial charge on any atom is -0.492 e. The first-order valence-electron chi connectivity index (χ1n) is 10.8. The van der Waals surface area contributed by atoms with Gasteiger partial charge in [0.1, 0.15) is 5.75 Å². The van der Waals surface area contributed by atoms with E-state index in [0.29, 0.717) is 0 Å². The van der Waals surface area contributed by atoms with Gasteiger partial charge in [-0.1, -0.05) is 82.2 Å². The third kappa shape index (κ3) is 6.10. The molecule has 0 radical (unpaired) electrons. The number of halogens is 1. The first kappa shape index (κ1) is 20.5. The molecular formula is C25H33BrO. The number of unbranched alkanes of at least 4 members (excludes halogenated alkanes) is 4. The Labute approximate surface area is 173 Å². The largest absolute Gasteiger partial charge is 0.492 e. The standard InChI is InChI=1S/C25H33BrO/c1-2-3-4-5-9-18-27-25-17-16-23(19-24(25)26)22-14-12-21(13-15-22)20-10-7-6-8-11-20/h12-17,19-20H,2-11,18H2,1H3. The average molecular weight is 429 g/mol. The van der Waals surface area contributed by atoms with Gasteiger partial charge in [0.2, 0.25) is 0 Å². The first-order valence-corrected chi connectivity index (χ1v) is 11.6. The Bertz CT molecular complexity index is 686. The van der Waals surface area contributed by atoms with Gasteiger partial charge < -0.3 is 4.74 Å². The lowest BCUT2D eigenvalue weighted by Crippen LogP contribution is -2.04. The molecule has 2 aromatic rings. The van der Waals surface area contributed by atoms with E-state index in [1.165, 1.54) is 74.5 Å². The molecule has 0 unspecified atom stereocenters. The predicted octanol–water partition coefficient (Wildman–Crippen LogP) is 8.51. The van der Waals surface area contributed by atoms with Crippen molar-refractivity contribution in [2.24, 2.45) is 0 Å². The van der Waals surface area contributed by atoms with Gasteiger partial charge in [0.05, 0.1) is 11.1 Å². The second kappa shape index (κ2) is 10.9. The van der Waals surface area contributed by atoms with E-state index in [9.17, 15) is 0 Å². The smallest absolute Gasteiger partial charge is 0.133 e. The fourth-order valence-electron chi connectivity index (χ4n) is 4.07. The third-order valence-corrected chi connectivity index (χ3v) is 6.38. The maximum atomic E-state index is 5.96. The van der Waals surface area contributed by atoms with Crippen LogP contribution >= 0.6 is 15.9 Å². The van der Waals surface area contributed by atoms with Crippen molar-refractivity contribution in [2.75, 3.05) is 6.61 Å². The third-order valence-electron chi connectivity index (χ3n) is 5.76. The zero-order valence-corrected chi connectivity index (χ0v) is 18.3. The number of ether oxygens (including phenoxy) is 1. The van der Waals surface area contributed by atoms with E-state index in [0.717, 1.165) is 29.2 Å². The molecule has 3 rings (SSSR count). The summed E-state index contributed by atoms with van der Waals surface area (Å²) in [6.45, 7) is 3.05. The van der Waals surface area contributed by atoms with E-state index in [1.807, 2.05) is 0 Å². The molecule has 146 valence electrons. The van der Waals surface area contributed by atoms with Crippen LogP contribution < -0.4 is 4.74 Å². The van der Waals surface area contributed by atoms with Crippen molar-refractivity contribution < 1.29 is 4.74 Å². The SMILES string of the molecule is CCCCCCCOc1ccc(-c2ccc(C3CCCCC3)cc2)cc1Br. The van der Waals surface area contributed by atoms with Gasteiger partial charge in [-0.05, 0) is 69.9 Å². The van der Waals surface area contributed by atoms with Gasteiger partial charge in [-0.15, -0.1) is 0 Å². The Morgan fingerprint density at radius 3 is 2.26 bits per heavy atom. The number of benzene rings is 2. The maximum absolute atomic E-state index is 5.96. The Morgan fingerprint density at radius 2 is 1.56 bits per heavy atom. The van der Waals surface area contributed by atoms with Gasteiger partial charge in [0.15, 0.2) is 0 Å². The average Bonchev–Trinajstić information content (AvgIpc) is 2.72. The summed E-state index contributed by atoms with van der Waals surface area (Å²) in [6, 6.07) is 15.7. The molecule has 0 atom stereocenters. The zero-order chi connectivity index (χ0) is 18.9. The maximum Gasteiger partial charge on any atom is 0.133 e. The van der Waals surface area contributed by atoms with Crippen LogP contribution in [-0.4, -0.2) is 6.61 Å². The van der Waals surface area contributed by atoms with Gasteiger partial charge in [-0.2, -0.15) is 0 Å². The van der Waals surface area contributed by atoms with Gasteiger partial charge in [0.25, 0.3) is 0 Å². The van der Waals surface area contributed by atoms with Crippen LogP contribution in [-0.2, 0) is 0 Å². The number of rotatable bonds is 9. The molecule has 1 aliphatic carbocycles. The molecule has 2 heteroatoms. The molecule has 0 N–H and O–H groups in total. The molecule has 1 fully saturated rings. The summed E-state index contributed by atoms with van der Waals surface area (Å²) in [6.07, 6.45) is 13.2. The van der Waals surface area contributed by atoms with Crippen molar-refractivity contribution in [3.05, 3.63) is 52.5 Å². The predicted molar refractivity (Wildman–Crippen MR) is 120 cm³/mol. The quantitative estimate of drug-likeness (QED) is 0.363. The van der Waals surface area contributed by atoms with Crippen LogP contribution in [0.15, 0.2) is 46.9 Å². The van der Waals surface area contributed by atoms with Gasteiger partial charge in [-0.25, -0.2) is 0 Å². The van der Waals surface area contributed by atoms with Crippen LogP contribution in [0.1, 0.15) is 82.6 Å². The van der Waals surface area contributed by atoms with Crippen LogP contribution in [0, 0.1) is 0 Å². The van der Waals surface area contributed by atoms with Crippen molar-refractivity contribution in [1.82, 2.24) is 0 Å². The van der Waals surface area contributed by atoms with E-state index < -0.39 is 0 Å². The van der Waals surface area contributed by atoms with Crippen LogP contribution in [0.2, 0.25) is 0 Å². The molecule has 0 amide bonds. The highest BCUT2D eigenvalue weighted by Gasteiger charge is 2.15. The lowest BCUT2D eigenvalue weighted by Gasteiger charge is -2.22. The number of hydrogen-bond donors (Lipinski definition) is 0. The topological polar surface area (TPSA) is 9.23 Å². The van der Waals surface area contributed by atoms with Crippen molar-refractivity contribution in [1.29, 1.82) is 0 Å². The summed E-state index contributed by atoms with van der Waals surface area (Å²) in [4.78, 5) is 0. The molecule has 0 aromatic heterocycles. The van der Waals surface area contributed by atoms with E-state index in [1.54, 1.807) is 0 Å². The molecule has 1 aliphatic rings. The number of hydrogen-bond acceptors (Lipinski definition) is 1. The molecule has 1 nitrogen and oxygen atoms in total. The van der Waals surface area contributed by atoms with Crippen molar-refractivity contribution in [2.45, 2.75) is 77.0 Å². The van der Waals surface area contributed by atoms with Gasteiger partial charge in [0, 0.05) is 0 Å². The lowest BCUT2D eigenvalue weighted by molar-refractivity contribution is 0.303. The monoisotopic (exact) mass is 428 g/mol. The Kier molecular flexibility index (Phi) is 8.26. The highest BCUT2D eigenvalue weighted by atomic mass is 79.9. The second-order valence-electron chi connectivity index (χ2n) is 7.86. The van der Waals surface area contributed by atoms with Crippen LogP contribution in [0.3, 0.4) is 0 Å². The van der Waals surface area contributed by atoms with Crippen LogP contribution in [0.5, 0.6) is 5.75 Å². The molecule has 2 aromatic carbocycles. The minimum absolute atomic E-state index is 0.771. The van der Waals surface area contributed by atoms with E-state index >= 15 is 0 Å². The molecule has 1 saturated carbocycles. The van der Waals surface area contributed by atoms with Crippen LogP contribution in [0.4, 0.5) is 0 Å². The second-order valence-corrected chi connectivity index (χ2v) is 8.72. The Hall–Kier alpha value is -1.28. The molecule has 0 spiro atoms. The molecular weight excluding hydrogens is 396 g/mol. The minimum atomic E-state index is 0.771. The molecule has 0 saturated heterocycles. The van der Waals surface area contributed by atoms with Crippen LogP contribution in [0.25, 0.3) is 11.1 Å². The summed E-state index contributed by atoms with van der Waals surface area (Å²) < 4.78 is 7.01. The lowest BCUT2D eigenvalue weighted by atomic mass is 9.84. The Balaban J connectivity index is 1.56. The molecule has 0 bridgehead atoms. The van der Waals surface area contributed by atoms with Gasteiger partial charge in [-0.3, -0.25) is 0 Å². The summed E-state index contributed by atoms with van der Waals surface area (Å²) in [5.41, 5.74) is 4.04.